The summed E-state index contributed by atoms with van der Waals surface area (Å²) in [6.45, 7) is 5.58. The Kier molecular flexibility index (Phi) is 4.88. The number of benzene rings is 1. The quantitative estimate of drug-likeness (QED) is 0.832. The molecule has 7 heteroatoms. The molecule has 0 spiro atoms. The molecule has 7 nitrogen and oxygen atoms in total. The van der Waals surface area contributed by atoms with E-state index in [4.69, 9.17) is 5.11 Å². The molecule has 1 atom stereocenters. The molecule has 0 aliphatic rings. The van der Waals surface area contributed by atoms with Crippen LogP contribution < -0.4 is 11.0 Å². The highest BCUT2D eigenvalue weighted by Crippen LogP contribution is 2.12. The summed E-state index contributed by atoms with van der Waals surface area (Å²) in [5, 5.41) is 11.6. The van der Waals surface area contributed by atoms with Crippen LogP contribution in [0.4, 0.5) is 0 Å². The molecule has 1 amide bonds. The van der Waals surface area contributed by atoms with Crippen LogP contribution in [0.2, 0.25) is 0 Å². The second-order valence-corrected chi connectivity index (χ2v) is 5.73. The van der Waals surface area contributed by atoms with E-state index < -0.39 is 17.9 Å². The lowest BCUT2D eigenvalue weighted by molar-refractivity contribution is -0.143. The number of carbonyl (C=O) groups is 2. The smallest absolute Gasteiger partial charge is 0.329 e. The lowest BCUT2D eigenvalue weighted by Crippen LogP contribution is -2.46. The zero-order chi connectivity index (χ0) is 17.1. The number of nitrogens with one attached hydrogen (secondary N) is 1. The average Bonchev–Trinajstić information content (AvgIpc) is 2.76. The van der Waals surface area contributed by atoms with E-state index in [1.54, 1.807) is 30.5 Å². The summed E-state index contributed by atoms with van der Waals surface area (Å²) in [6.07, 6.45) is 0. The van der Waals surface area contributed by atoms with Crippen molar-refractivity contribution in [3.05, 3.63) is 34.7 Å². The monoisotopic (exact) mass is 319 g/mol. The van der Waals surface area contributed by atoms with Crippen molar-refractivity contribution in [3.8, 4) is 0 Å². The predicted octanol–water partition coefficient (Wildman–Crippen LogP) is 1.05. The van der Waals surface area contributed by atoms with Crippen LogP contribution in [-0.4, -0.2) is 32.2 Å². The van der Waals surface area contributed by atoms with Gasteiger partial charge in [0.15, 0.2) is 0 Å². The number of carboxylic acids is 1. The van der Waals surface area contributed by atoms with Crippen molar-refractivity contribution < 1.29 is 14.7 Å². The van der Waals surface area contributed by atoms with Crippen molar-refractivity contribution in [2.24, 2.45) is 5.92 Å². The van der Waals surface area contributed by atoms with Gasteiger partial charge in [0.2, 0.25) is 5.91 Å². The number of nitrogens with zero attached hydrogens (tertiary/aromatic N) is 2. The second kappa shape index (κ2) is 6.68. The number of fused-ring (bicyclic) bond motifs is 1. The minimum absolute atomic E-state index is 0.206. The number of para-hydroxylation sites is 2. The average molecular weight is 319 g/mol. The Morgan fingerprint density at radius 1 is 1.17 bits per heavy atom. The minimum atomic E-state index is -1.09. The van der Waals surface area contributed by atoms with E-state index in [1.165, 1.54) is 4.57 Å². The molecule has 1 heterocycles. The number of hydrogen-bond acceptors (Lipinski definition) is 3. The van der Waals surface area contributed by atoms with Gasteiger partial charge in [-0.15, -0.1) is 0 Å². The van der Waals surface area contributed by atoms with E-state index in [9.17, 15) is 14.4 Å². The van der Waals surface area contributed by atoms with E-state index in [0.29, 0.717) is 12.1 Å². The molecule has 0 radical (unpaired) electrons. The van der Waals surface area contributed by atoms with Crippen molar-refractivity contribution in [1.82, 2.24) is 14.5 Å². The first-order valence-corrected chi connectivity index (χ1v) is 7.57. The normalized spacial score (nSPS) is 12.5. The number of aryl methyl sites for hydroxylation is 1. The van der Waals surface area contributed by atoms with Gasteiger partial charge in [-0.1, -0.05) is 26.0 Å². The summed E-state index contributed by atoms with van der Waals surface area (Å²) in [7, 11) is 0. The lowest BCUT2D eigenvalue weighted by atomic mass is 10.1. The first kappa shape index (κ1) is 16.8. The number of aromatic nitrogens is 2. The number of carbonyl (C=O) groups excluding carboxylic acids is 1. The van der Waals surface area contributed by atoms with Gasteiger partial charge in [0.25, 0.3) is 0 Å². The SMILES string of the molecule is CCn1c(=O)n(CC(=O)N[C@@H](C(=O)O)C(C)C)c2ccccc21. The van der Waals surface area contributed by atoms with Crippen LogP contribution in [0.3, 0.4) is 0 Å². The molecule has 0 bridgehead atoms. The number of hydrogen-bond donors (Lipinski definition) is 2. The first-order valence-electron chi connectivity index (χ1n) is 7.57. The lowest BCUT2D eigenvalue weighted by Gasteiger charge is -2.17. The van der Waals surface area contributed by atoms with Gasteiger partial charge < -0.3 is 10.4 Å². The summed E-state index contributed by atoms with van der Waals surface area (Å²) in [5.41, 5.74) is 1.14. The maximum Gasteiger partial charge on any atom is 0.329 e. The molecule has 2 N–H and O–H groups in total. The Morgan fingerprint density at radius 3 is 2.22 bits per heavy atom. The highest BCUT2D eigenvalue weighted by atomic mass is 16.4. The topological polar surface area (TPSA) is 93.3 Å². The van der Waals surface area contributed by atoms with Gasteiger partial charge in [0.05, 0.1) is 11.0 Å². The summed E-state index contributed by atoms with van der Waals surface area (Å²) < 4.78 is 2.95. The van der Waals surface area contributed by atoms with Crippen molar-refractivity contribution in [2.75, 3.05) is 0 Å². The Labute approximate surface area is 133 Å². The molecule has 124 valence electrons. The molecule has 0 unspecified atom stereocenters. The van der Waals surface area contributed by atoms with Crippen LogP contribution in [0, 0.1) is 5.92 Å². The highest BCUT2D eigenvalue weighted by Gasteiger charge is 2.24. The highest BCUT2D eigenvalue weighted by molar-refractivity contribution is 5.85. The Morgan fingerprint density at radius 2 is 1.74 bits per heavy atom. The maximum atomic E-state index is 12.4. The van der Waals surface area contributed by atoms with Crippen LogP contribution in [-0.2, 0) is 22.7 Å². The molecule has 1 aromatic carbocycles. The Hall–Kier alpha value is -2.57. The third-order valence-corrected chi connectivity index (χ3v) is 3.79. The van der Waals surface area contributed by atoms with Crippen LogP contribution in [0.15, 0.2) is 29.1 Å². The van der Waals surface area contributed by atoms with Gasteiger partial charge in [0, 0.05) is 6.54 Å². The molecule has 0 aliphatic carbocycles. The van der Waals surface area contributed by atoms with Crippen LogP contribution in [0.25, 0.3) is 11.0 Å². The van der Waals surface area contributed by atoms with Gasteiger partial charge in [-0.3, -0.25) is 13.9 Å². The van der Waals surface area contributed by atoms with Gasteiger partial charge in [-0.2, -0.15) is 0 Å². The fourth-order valence-electron chi connectivity index (χ4n) is 2.61. The molecule has 2 aromatic rings. The summed E-state index contributed by atoms with van der Waals surface area (Å²) in [4.78, 5) is 35.8. The van der Waals surface area contributed by atoms with Crippen molar-refractivity contribution in [3.63, 3.8) is 0 Å². The van der Waals surface area contributed by atoms with Gasteiger partial charge in [0.1, 0.15) is 12.6 Å². The number of amides is 1. The van der Waals surface area contributed by atoms with Gasteiger partial charge in [-0.25, -0.2) is 9.59 Å². The van der Waals surface area contributed by atoms with Gasteiger partial charge in [-0.05, 0) is 25.0 Å². The molecular formula is C16H21N3O4. The zero-order valence-electron chi connectivity index (χ0n) is 13.4. The predicted molar refractivity (Wildman–Crippen MR) is 86.3 cm³/mol. The summed E-state index contributed by atoms with van der Waals surface area (Å²) in [6, 6.07) is 6.25. The van der Waals surface area contributed by atoms with Gasteiger partial charge >= 0.3 is 11.7 Å². The van der Waals surface area contributed by atoms with Crippen LogP contribution in [0.1, 0.15) is 20.8 Å². The first-order chi connectivity index (χ1) is 10.9. The van der Waals surface area contributed by atoms with Crippen molar-refractivity contribution in [1.29, 1.82) is 0 Å². The van der Waals surface area contributed by atoms with Crippen LogP contribution >= 0.6 is 0 Å². The minimum Gasteiger partial charge on any atom is -0.480 e. The third kappa shape index (κ3) is 3.28. The zero-order valence-corrected chi connectivity index (χ0v) is 13.4. The molecule has 1 aromatic heterocycles. The molecule has 0 saturated carbocycles. The fourth-order valence-corrected chi connectivity index (χ4v) is 2.61. The Bertz CT molecular complexity index is 788. The number of carboxylic acid groups (broad SMARTS) is 1. The van der Waals surface area contributed by atoms with E-state index in [2.05, 4.69) is 5.32 Å². The number of imidazole rings is 1. The second-order valence-electron chi connectivity index (χ2n) is 5.73. The molecule has 0 fully saturated rings. The standard InChI is InChI=1S/C16H21N3O4/c1-4-18-11-7-5-6-8-12(11)19(16(18)23)9-13(20)17-14(10(2)3)15(21)22/h5-8,10,14H,4,9H2,1-3H3,(H,17,20)(H,21,22)/t14-/m1/s1. The fraction of sp³-hybridized carbons (Fsp3) is 0.438. The van der Waals surface area contributed by atoms with E-state index in [1.807, 2.05) is 19.1 Å². The largest absolute Gasteiger partial charge is 0.480 e. The Balaban J connectivity index is 2.32. The maximum absolute atomic E-state index is 12.4. The summed E-state index contributed by atoms with van der Waals surface area (Å²) >= 11 is 0. The van der Waals surface area contributed by atoms with E-state index >= 15 is 0 Å². The molecule has 2 rings (SSSR count). The van der Waals surface area contributed by atoms with E-state index in [0.717, 1.165) is 5.52 Å². The molecule has 0 aliphatic heterocycles. The van der Waals surface area contributed by atoms with Crippen molar-refractivity contribution >= 4 is 22.9 Å². The van der Waals surface area contributed by atoms with Crippen LogP contribution in [0.5, 0.6) is 0 Å². The third-order valence-electron chi connectivity index (χ3n) is 3.79. The molecular weight excluding hydrogens is 298 g/mol. The molecule has 23 heavy (non-hydrogen) atoms. The summed E-state index contributed by atoms with van der Waals surface area (Å²) in [5.74, 6) is -1.82. The van der Waals surface area contributed by atoms with E-state index in [-0.39, 0.29) is 18.2 Å². The number of aliphatic carboxylic acids is 1. The van der Waals surface area contributed by atoms with Crippen molar-refractivity contribution in [2.45, 2.75) is 39.9 Å². The number of rotatable bonds is 6. The molecule has 0 saturated heterocycles.